The van der Waals surface area contributed by atoms with Crippen LogP contribution in [0.15, 0.2) is 36.4 Å². The van der Waals surface area contributed by atoms with Crippen molar-refractivity contribution in [3.63, 3.8) is 0 Å². The summed E-state index contributed by atoms with van der Waals surface area (Å²) in [5.74, 6) is -0.593. The summed E-state index contributed by atoms with van der Waals surface area (Å²) >= 11 is 12.2. The molecule has 0 aliphatic carbocycles. The van der Waals surface area contributed by atoms with Crippen molar-refractivity contribution in [1.29, 1.82) is 0 Å². The Morgan fingerprint density at radius 3 is 2.48 bits per heavy atom. The lowest BCUT2D eigenvalue weighted by Gasteiger charge is -2.24. The Hall–Kier alpha value is -1.78. The number of hydrogen-bond donors (Lipinski definition) is 2. The van der Waals surface area contributed by atoms with E-state index in [2.05, 4.69) is 10.6 Å². The fourth-order valence-electron chi connectivity index (χ4n) is 2.16. The Morgan fingerprint density at radius 2 is 1.88 bits per heavy atom. The largest absolute Gasteiger partial charge is 0.381 e. The van der Waals surface area contributed by atoms with Crippen molar-refractivity contribution in [1.82, 2.24) is 5.32 Å². The van der Waals surface area contributed by atoms with Crippen LogP contribution in [0.5, 0.6) is 0 Å². The van der Waals surface area contributed by atoms with E-state index in [1.54, 1.807) is 30.3 Å². The molecule has 1 amide bonds. The van der Waals surface area contributed by atoms with Gasteiger partial charge in [0.15, 0.2) is 0 Å². The van der Waals surface area contributed by atoms with E-state index in [1.807, 2.05) is 20.8 Å². The monoisotopic (exact) mass is 382 g/mol. The van der Waals surface area contributed by atoms with Gasteiger partial charge < -0.3 is 10.6 Å². The van der Waals surface area contributed by atoms with Gasteiger partial charge in [-0.15, -0.1) is 0 Å². The zero-order chi connectivity index (χ0) is 18.6. The number of hydrogen-bond acceptors (Lipinski definition) is 2. The molecule has 0 spiro atoms. The maximum Gasteiger partial charge on any atom is 0.253 e. The van der Waals surface area contributed by atoms with Crippen LogP contribution >= 0.6 is 23.2 Å². The number of anilines is 1. The predicted octanol–water partition coefficient (Wildman–Crippen LogP) is 5.66. The van der Waals surface area contributed by atoms with Crippen LogP contribution in [0.2, 0.25) is 10.0 Å². The summed E-state index contributed by atoms with van der Waals surface area (Å²) in [4.78, 5) is 12.3. The standard InChI is InChI=1S/C19H21Cl2FN2O/c1-4-19(2,3)24-18(25)13-9-8-12(10-16(13)21)23-11-14-15(20)6-5-7-17(14)22/h5-10,23H,4,11H2,1-3H3,(H,24,25). The van der Waals surface area contributed by atoms with Crippen molar-refractivity contribution in [3.8, 4) is 0 Å². The highest BCUT2D eigenvalue weighted by atomic mass is 35.5. The minimum Gasteiger partial charge on any atom is -0.381 e. The molecule has 0 fully saturated rings. The van der Waals surface area contributed by atoms with Crippen LogP contribution in [-0.2, 0) is 6.54 Å². The molecule has 0 unspecified atom stereocenters. The summed E-state index contributed by atoms with van der Waals surface area (Å²) in [7, 11) is 0. The number of rotatable bonds is 6. The van der Waals surface area contributed by atoms with E-state index in [4.69, 9.17) is 23.2 Å². The highest BCUT2D eigenvalue weighted by molar-refractivity contribution is 6.34. The first-order valence-electron chi connectivity index (χ1n) is 8.02. The Morgan fingerprint density at radius 1 is 1.16 bits per heavy atom. The van der Waals surface area contributed by atoms with Crippen LogP contribution in [0.1, 0.15) is 43.1 Å². The summed E-state index contributed by atoms with van der Waals surface area (Å²) in [6, 6.07) is 9.58. The fourth-order valence-corrected chi connectivity index (χ4v) is 2.66. The minimum atomic E-state index is -0.371. The molecule has 2 rings (SSSR count). The second kappa shape index (κ2) is 8.07. The molecular formula is C19H21Cl2FN2O. The van der Waals surface area contributed by atoms with Gasteiger partial charge in [-0.1, -0.05) is 36.2 Å². The lowest BCUT2D eigenvalue weighted by molar-refractivity contribution is 0.0911. The van der Waals surface area contributed by atoms with E-state index in [-0.39, 0.29) is 23.8 Å². The normalized spacial score (nSPS) is 11.3. The lowest BCUT2D eigenvalue weighted by Crippen LogP contribution is -2.42. The van der Waals surface area contributed by atoms with Crippen LogP contribution in [0.3, 0.4) is 0 Å². The third-order valence-corrected chi connectivity index (χ3v) is 4.75. The summed E-state index contributed by atoms with van der Waals surface area (Å²) in [5, 5.41) is 6.70. The summed E-state index contributed by atoms with van der Waals surface area (Å²) < 4.78 is 13.8. The Bertz CT molecular complexity index is 758. The molecule has 0 atom stereocenters. The van der Waals surface area contributed by atoms with Crippen molar-refractivity contribution in [2.45, 2.75) is 39.3 Å². The molecule has 0 aliphatic rings. The SMILES string of the molecule is CCC(C)(C)NC(=O)c1ccc(NCc2c(F)cccc2Cl)cc1Cl. The van der Waals surface area contributed by atoms with Crippen molar-refractivity contribution in [2.75, 3.05) is 5.32 Å². The van der Waals surface area contributed by atoms with Crippen molar-refractivity contribution < 1.29 is 9.18 Å². The molecule has 0 heterocycles. The minimum absolute atomic E-state index is 0.218. The molecule has 0 radical (unpaired) electrons. The van der Waals surface area contributed by atoms with Crippen LogP contribution in [0.4, 0.5) is 10.1 Å². The summed E-state index contributed by atoms with van der Waals surface area (Å²) in [6.45, 7) is 6.12. The van der Waals surface area contributed by atoms with Crippen LogP contribution in [0, 0.1) is 5.82 Å². The molecule has 0 bridgehead atoms. The second-order valence-electron chi connectivity index (χ2n) is 6.44. The number of carbonyl (C=O) groups excluding carboxylic acids is 1. The molecular weight excluding hydrogens is 362 g/mol. The van der Waals surface area contributed by atoms with Gasteiger partial charge in [0.05, 0.1) is 10.6 Å². The first-order chi connectivity index (χ1) is 11.7. The van der Waals surface area contributed by atoms with Crippen molar-refractivity contribution in [2.24, 2.45) is 0 Å². The van der Waals surface area contributed by atoms with Gasteiger partial charge in [0.25, 0.3) is 5.91 Å². The molecule has 0 aliphatic heterocycles. The Labute approximate surface area is 157 Å². The van der Waals surface area contributed by atoms with Crippen LogP contribution in [0.25, 0.3) is 0 Å². The van der Waals surface area contributed by atoms with Crippen LogP contribution in [-0.4, -0.2) is 11.4 Å². The van der Waals surface area contributed by atoms with Crippen molar-refractivity contribution >= 4 is 34.8 Å². The van der Waals surface area contributed by atoms with E-state index in [0.717, 1.165) is 6.42 Å². The molecule has 3 nitrogen and oxygen atoms in total. The molecule has 25 heavy (non-hydrogen) atoms. The Balaban J connectivity index is 2.10. The number of nitrogens with one attached hydrogen (secondary N) is 2. The number of halogens is 3. The lowest BCUT2D eigenvalue weighted by atomic mass is 10.0. The average molecular weight is 383 g/mol. The van der Waals surface area contributed by atoms with Gasteiger partial charge in [0.1, 0.15) is 5.82 Å². The van der Waals surface area contributed by atoms with Gasteiger partial charge in [-0.2, -0.15) is 0 Å². The number of amides is 1. The number of carbonyl (C=O) groups is 1. The van der Waals surface area contributed by atoms with E-state index in [1.165, 1.54) is 6.07 Å². The number of benzene rings is 2. The fraction of sp³-hybridized carbons (Fsp3) is 0.316. The van der Waals surface area contributed by atoms with Crippen LogP contribution < -0.4 is 10.6 Å². The molecule has 0 aromatic heterocycles. The molecule has 134 valence electrons. The van der Waals surface area contributed by atoms with Gasteiger partial charge in [0.2, 0.25) is 0 Å². The smallest absolute Gasteiger partial charge is 0.253 e. The molecule has 2 aromatic carbocycles. The topological polar surface area (TPSA) is 41.1 Å². The molecule has 0 saturated heterocycles. The molecule has 2 N–H and O–H groups in total. The first-order valence-corrected chi connectivity index (χ1v) is 8.78. The van der Waals surface area contributed by atoms with Gasteiger partial charge in [-0.05, 0) is 50.6 Å². The molecule has 0 saturated carbocycles. The average Bonchev–Trinajstić information content (AvgIpc) is 2.54. The highest BCUT2D eigenvalue weighted by Crippen LogP contribution is 2.24. The Kier molecular flexibility index (Phi) is 6.31. The quantitative estimate of drug-likeness (QED) is 0.676. The highest BCUT2D eigenvalue weighted by Gasteiger charge is 2.20. The summed E-state index contributed by atoms with van der Waals surface area (Å²) in [5.41, 5.74) is 1.15. The zero-order valence-electron chi connectivity index (χ0n) is 14.4. The predicted molar refractivity (Wildman–Crippen MR) is 102 cm³/mol. The molecule has 2 aromatic rings. The maximum absolute atomic E-state index is 13.8. The van der Waals surface area contributed by atoms with Crippen molar-refractivity contribution in [3.05, 3.63) is 63.4 Å². The van der Waals surface area contributed by atoms with E-state index in [9.17, 15) is 9.18 Å². The van der Waals surface area contributed by atoms with E-state index in [0.29, 0.717) is 26.9 Å². The third-order valence-electron chi connectivity index (χ3n) is 4.08. The summed E-state index contributed by atoms with van der Waals surface area (Å²) in [6.07, 6.45) is 0.805. The van der Waals surface area contributed by atoms with E-state index >= 15 is 0 Å². The molecule has 6 heteroatoms. The third kappa shape index (κ3) is 5.10. The van der Waals surface area contributed by atoms with Gasteiger partial charge in [-0.3, -0.25) is 4.79 Å². The van der Waals surface area contributed by atoms with Gasteiger partial charge in [0, 0.05) is 28.4 Å². The van der Waals surface area contributed by atoms with Gasteiger partial charge >= 0.3 is 0 Å². The first kappa shape index (κ1) is 19.5. The zero-order valence-corrected chi connectivity index (χ0v) is 15.9. The van der Waals surface area contributed by atoms with E-state index < -0.39 is 0 Å². The second-order valence-corrected chi connectivity index (χ2v) is 7.25. The van der Waals surface area contributed by atoms with Gasteiger partial charge in [-0.25, -0.2) is 4.39 Å². The maximum atomic E-state index is 13.8.